The molecule has 2 nitrogen and oxygen atoms in total. The molecule has 0 aromatic carbocycles. The second kappa shape index (κ2) is 3.28. The van der Waals surface area contributed by atoms with Gasteiger partial charge in [0, 0.05) is 12.6 Å². The summed E-state index contributed by atoms with van der Waals surface area (Å²) < 4.78 is 0. The fraction of sp³-hybridized carbons (Fsp3) is 0.200. The van der Waals surface area contributed by atoms with Gasteiger partial charge >= 0.3 is 0 Å². The van der Waals surface area contributed by atoms with Crippen LogP contribution in [0.15, 0.2) is 24.6 Å². The Labute approximate surface area is 43.0 Å². The van der Waals surface area contributed by atoms with Crippen LogP contribution in [0.3, 0.4) is 0 Å². The Morgan fingerprint density at radius 1 is 1.86 bits per heavy atom. The predicted molar refractivity (Wildman–Crippen MR) is 29.7 cm³/mol. The molecule has 0 saturated carbocycles. The summed E-state index contributed by atoms with van der Waals surface area (Å²) in [6, 6.07) is 0. The SMILES string of the molecule is C=CCC(O)=CN. The molecule has 0 aromatic rings. The Kier molecular flexibility index (Phi) is 2.85. The summed E-state index contributed by atoms with van der Waals surface area (Å²) in [5, 5.41) is 8.52. The van der Waals surface area contributed by atoms with Crippen molar-refractivity contribution in [3.05, 3.63) is 24.6 Å². The Morgan fingerprint density at radius 3 is 2.57 bits per heavy atom. The molecule has 0 bridgehead atoms. The third kappa shape index (κ3) is 2.89. The van der Waals surface area contributed by atoms with Gasteiger partial charge in [0.1, 0.15) is 5.76 Å². The van der Waals surface area contributed by atoms with Gasteiger partial charge < -0.3 is 10.8 Å². The van der Waals surface area contributed by atoms with Gasteiger partial charge in [-0.15, -0.1) is 6.58 Å². The monoisotopic (exact) mass is 99.1 g/mol. The minimum Gasteiger partial charge on any atom is -0.510 e. The summed E-state index contributed by atoms with van der Waals surface area (Å²) in [5.74, 6) is 0.162. The average Bonchev–Trinajstić information content (AvgIpc) is 1.68. The zero-order valence-electron chi connectivity index (χ0n) is 4.09. The number of aliphatic hydroxyl groups excluding tert-OH is 1. The van der Waals surface area contributed by atoms with Crippen LogP contribution >= 0.6 is 0 Å². The molecule has 0 unspecified atom stereocenters. The maximum atomic E-state index is 8.52. The van der Waals surface area contributed by atoms with Crippen molar-refractivity contribution in [2.75, 3.05) is 0 Å². The maximum Gasteiger partial charge on any atom is 0.111 e. The lowest BCUT2D eigenvalue weighted by atomic mass is 10.4. The lowest BCUT2D eigenvalue weighted by Crippen LogP contribution is -1.84. The van der Waals surface area contributed by atoms with E-state index in [9.17, 15) is 0 Å². The van der Waals surface area contributed by atoms with E-state index in [-0.39, 0.29) is 5.76 Å². The summed E-state index contributed by atoms with van der Waals surface area (Å²) in [7, 11) is 0. The molecule has 0 heterocycles. The Hall–Kier alpha value is -0.920. The second-order valence-corrected chi connectivity index (χ2v) is 1.15. The van der Waals surface area contributed by atoms with Crippen molar-refractivity contribution in [2.24, 2.45) is 5.73 Å². The van der Waals surface area contributed by atoms with E-state index in [1.165, 1.54) is 0 Å². The number of hydrogen-bond donors (Lipinski definition) is 2. The Balaban J connectivity index is 3.36. The van der Waals surface area contributed by atoms with Crippen molar-refractivity contribution in [1.29, 1.82) is 0 Å². The van der Waals surface area contributed by atoms with Crippen molar-refractivity contribution in [3.63, 3.8) is 0 Å². The molecule has 0 aliphatic carbocycles. The smallest absolute Gasteiger partial charge is 0.111 e. The van der Waals surface area contributed by atoms with Gasteiger partial charge in [-0.2, -0.15) is 0 Å². The third-order valence-electron chi connectivity index (χ3n) is 0.546. The average molecular weight is 99.1 g/mol. The van der Waals surface area contributed by atoms with Crippen LogP contribution < -0.4 is 5.73 Å². The fourth-order valence-electron chi connectivity index (χ4n) is 0.216. The zero-order chi connectivity index (χ0) is 5.70. The van der Waals surface area contributed by atoms with E-state index in [1.54, 1.807) is 6.08 Å². The number of aliphatic hydroxyl groups is 1. The quantitative estimate of drug-likeness (QED) is 0.399. The molecule has 0 aliphatic rings. The van der Waals surface area contributed by atoms with E-state index in [4.69, 9.17) is 10.8 Å². The van der Waals surface area contributed by atoms with Crippen molar-refractivity contribution < 1.29 is 5.11 Å². The molecular weight excluding hydrogens is 90.1 g/mol. The lowest BCUT2D eigenvalue weighted by Gasteiger charge is -1.86. The molecule has 0 aromatic heterocycles. The van der Waals surface area contributed by atoms with E-state index in [2.05, 4.69) is 6.58 Å². The minimum absolute atomic E-state index is 0.162. The first-order valence-electron chi connectivity index (χ1n) is 2.02. The maximum absolute atomic E-state index is 8.52. The molecular formula is C5H9NO. The highest BCUT2D eigenvalue weighted by molar-refractivity contribution is 4.92. The first-order chi connectivity index (χ1) is 3.31. The molecule has 0 fully saturated rings. The molecule has 0 aliphatic heterocycles. The summed E-state index contributed by atoms with van der Waals surface area (Å²) in [6.07, 6.45) is 3.19. The molecule has 40 valence electrons. The number of nitrogens with two attached hydrogens (primary N) is 1. The highest BCUT2D eigenvalue weighted by Crippen LogP contribution is 1.90. The van der Waals surface area contributed by atoms with Crippen LogP contribution in [-0.2, 0) is 0 Å². The fourth-order valence-corrected chi connectivity index (χ4v) is 0.216. The predicted octanol–water partition coefficient (Wildman–Crippen LogP) is 0.921. The topological polar surface area (TPSA) is 46.2 Å². The van der Waals surface area contributed by atoms with Crippen molar-refractivity contribution >= 4 is 0 Å². The number of allylic oxidation sites excluding steroid dienone is 1. The van der Waals surface area contributed by atoms with Crippen LogP contribution in [-0.4, -0.2) is 5.11 Å². The summed E-state index contributed by atoms with van der Waals surface area (Å²) in [6.45, 7) is 3.39. The van der Waals surface area contributed by atoms with Gasteiger partial charge in [0.15, 0.2) is 0 Å². The molecule has 0 spiro atoms. The number of hydrogen-bond acceptors (Lipinski definition) is 2. The minimum atomic E-state index is 0.162. The normalized spacial score (nSPS) is 11.1. The van der Waals surface area contributed by atoms with E-state index in [0.717, 1.165) is 6.20 Å². The zero-order valence-corrected chi connectivity index (χ0v) is 4.09. The van der Waals surface area contributed by atoms with Crippen LogP contribution in [0, 0.1) is 0 Å². The van der Waals surface area contributed by atoms with Crippen LogP contribution in [0.4, 0.5) is 0 Å². The van der Waals surface area contributed by atoms with Gasteiger partial charge in [-0.05, 0) is 0 Å². The van der Waals surface area contributed by atoms with Crippen LogP contribution in [0.5, 0.6) is 0 Å². The first kappa shape index (κ1) is 6.08. The number of rotatable bonds is 2. The molecule has 2 heteroatoms. The van der Waals surface area contributed by atoms with Gasteiger partial charge in [-0.3, -0.25) is 0 Å². The van der Waals surface area contributed by atoms with E-state index < -0.39 is 0 Å². The molecule has 3 N–H and O–H groups in total. The lowest BCUT2D eigenvalue weighted by molar-refractivity contribution is 0.399. The summed E-state index contributed by atoms with van der Waals surface area (Å²) in [5.41, 5.74) is 4.90. The van der Waals surface area contributed by atoms with Gasteiger partial charge in [0.05, 0.1) is 0 Å². The van der Waals surface area contributed by atoms with Gasteiger partial charge in [0.2, 0.25) is 0 Å². The Bertz CT molecular complexity index is 86.1. The van der Waals surface area contributed by atoms with Crippen LogP contribution in [0.1, 0.15) is 6.42 Å². The van der Waals surface area contributed by atoms with E-state index in [0.29, 0.717) is 6.42 Å². The summed E-state index contributed by atoms with van der Waals surface area (Å²) in [4.78, 5) is 0. The highest BCUT2D eigenvalue weighted by Gasteiger charge is 1.80. The molecule has 0 amide bonds. The molecule has 7 heavy (non-hydrogen) atoms. The van der Waals surface area contributed by atoms with Gasteiger partial charge in [-0.25, -0.2) is 0 Å². The molecule has 0 radical (unpaired) electrons. The van der Waals surface area contributed by atoms with Crippen molar-refractivity contribution in [3.8, 4) is 0 Å². The Morgan fingerprint density at radius 2 is 2.43 bits per heavy atom. The molecule has 0 saturated heterocycles. The second-order valence-electron chi connectivity index (χ2n) is 1.15. The van der Waals surface area contributed by atoms with E-state index in [1.807, 2.05) is 0 Å². The van der Waals surface area contributed by atoms with Crippen molar-refractivity contribution in [1.82, 2.24) is 0 Å². The van der Waals surface area contributed by atoms with Crippen LogP contribution in [0.25, 0.3) is 0 Å². The van der Waals surface area contributed by atoms with Gasteiger partial charge in [0.25, 0.3) is 0 Å². The molecule has 0 rings (SSSR count). The first-order valence-corrected chi connectivity index (χ1v) is 2.02. The van der Waals surface area contributed by atoms with Gasteiger partial charge in [-0.1, -0.05) is 6.08 Å². The standard InChI is InChI=1S/C5H9NO/c1-2-3-5(7)4-6/h2,4,7H,1,3,6H2. The summed E-state index contributed by atoms with van der Waals surface area (Å²) >= 11 is 0. The van der Waals surface area contributed by atoms with E-state index >= 15 is 0 Å². The molecule has 0 atom stereocenters. The van der Waals surface area contributed by atoms with Crippen LogP contribution in [0.2, 0.25) is 0 Å². The third-order valence-corrected chi connectivity index (χ3v) is 0.546. The van der Waals surface area contributed by atoms with Crippen molar-refractivity contribution in [2.45, 2.75) is 6.42 Å². The largest absolute Gasteiger partial charge is 0.510 e. The highest BCUT2D eigenvalue weighted by atomic mass is 16.3.